The minimum atomic E-state index is -0.0863. The summed E-state index contributed by atoms with van der Waals surface area (Å²) in [6.07, 6.45) is 4.52. The fourth-order valence-corrected chi connectivity index (χ4v) is 3.49. The van der Waals surface area contributed by atoms with Crippen LogP contribution in [0.1, 0.15) is 50.4 Å². The van der Waals surface area contributed by atoms with Crippen molar-refractivity contribution in [2.24, 2.45) is 0 Å². The average molecular weight is 280 g/mol. The number of thiophene rings is 1. The van der Waals surface area contributed by atoms with Crippen molar-refractivity contribution in [3.05, 3.63) is 22.4 Å². The van der Waals surface area contributed by atoms with E-state index in [0.717, 1.165) is 38.8 Å². The lowest BCUT2D eigenvalue weighted by atomic mass is 10.1. The highest BCUT2D eigenvalue weighted by Crippen LogP contribution is 2.24. The number of likely N-dealkylation sites (tertiary alicyclic amines) is 1. The molecule has 0 aliphatic carbocycles. The van der Waals surface area contributed by atoms with Crippen LogP contribution in [0, 0.1) is 0 Å². The van der Waals surface area contributed by atoms with E-state index in [1.165, 1.54) is 4.88 Å². The zero-order chi connectivity index (χ0) is 13.7. The van der Waals surface area contributed by atoms with Crippen molar-refractivity contribution in [2.45, 2.75) is 51.6 Å². The third kappa shape index (κ3) is 3.80. The second kappa shape index (κ2) is 7.06. The topological polar surface area (TPSA) is 32.3 Å². The Bertz CT molecular complexity index is 385. The van der Waals surface area contributed by atoms with Crippen molar-refractivity contribution < 1.29 is 4.79 Å². The lowest BCUT2D eigenvalue weighted by molar-refractivity contribution is -0.132. The van der Waals surface area contributed by atoms with Crippen LogP contribution in [0.25, 0.3) is 0 Å². The molecular weight excluding hydrogens is 256 g/mol. The Morgan fingerprint density at radius 1 is 1.47 bits per heavy atom. The summed E-state index contributed by atoms with van der Waals surface area (Å²) in [5.74, 6) is 0.259. The highest BCUT2D eigenvalue weighted by atomic mass is 32.1. The van der Waals surface area contributed by atoms with Crippen LogP contribution < -0.4 is 5.32 Å². The molecular formula is C15H24N2OS. The third-order valence-electron chi connectivity index (χ3n) is 3.70. The molecule has 4 heteroatoms. The molecule has 2 heterocycles. The van der Waals surface area contributed by atoms with Crippen molar-refractivity contribution >= 4 is 17.2 Å². The number of nitrogens with one attached hydrogen (secondary N) is 1. The standard InChI is InChI=1S/C15H24N2OS/c1-3-7-13(14-8-6-11-19-14)16-12(2)15(18)17-9-4-5-10-17/h6,8,11-13,16H,3-5,7,9-10H2,1-2H3. The quantitative estimate of drug-likeness (QED) is 0.868. The molecule has 1 N–H and O–H groups in total. The first-order valence-corrected chi connectivity index (χ1v) is 8.18. The summed E-state index contributed by atoms with van der Waals surface area (Å²) in [6, 6.07) is 4.46. The zero-order valence-corrected chi connectivity index (χ0v) is 12.7. The SMILES string of the molecule is CCCC(NC(C)C(=O)N1CCCC1)c1cccs1. The largest absolute Gasteiger partial charge is 0.341 e. The first-order valence-electron chi connectivity index (χ1n) is 7.30. The third-order valence-corrected chi connectivity index (χ3v) is 4.69. The summed E-state index contributed by atoms with van der Waals surface area (Å²) < 4.78 is 0. The molecule has 0 saturated carbocycles. The van der Waals surface area contributed by atoms with Gasteiger partial charge in [0, 0.05) is 24.0 Å². The van der Waals surface area contributed by atoms with Crippen molar-refractivity contribution in [1.29, 1.82) is 0 Å². The van der Waals surface area contributed by atoms with Crippen LogP contribution in [0.4, 0.5) is 0 Å². The summed E-state index contributed by atoms with van der Waals surface area (Å²) in [6.45, 7) is 6.05. The maximum atomic E-state index is 12.3. The van der Waals surface area contributed by atoms with Gasteiger partial charge in [-0.2, -0.15) is 0 Å². The molecule has 1 aliphatic rings. The number of rotatable bonds is 6. The Kier molecular flexibility index (Phi) is 5.40. The zero-order valence-electron chi connectivity index (χ0n) is 11.9. The number of nitrogens with zero attached hydrogens (tertiary/aromatic N) is 1. The summed E-state index contributed by atoms with van der Waals surface area (Å²) in [4.78, 5) is 15.7. The second-order valence-electron chi connectivity index (χ2n) is 5.28. The molecule has 2 atom stereocenters. The first kappa shape index (κ1) is 14.5. The van der Waals surface area contributed by atoms with Gasteiger partial charge in [-0.1, -0.05) is 19.4 Å². The van der Waals surface area contributed by atoms with Gasteiger partial charge >= 0.3 is 0 Å². The second-order valence-corrected chi connectivity index (χ2v) is 6.26. The fourth-order valence-electron chi connectivity index (χ4n) is 2.67. The highest BCUT2D eigenvalue weighted by Gasteiger charge is 2.25. The predicted molar refractivity (Wildman–Crippen MR) is 80.4 cm³/mol. The first-order chi connectivity index (χ1) is 9.22. The van der Waals surface area contributed by atoms with E-state index in [9.17, 15) is 4.79 Å². The van der Waals surface area contributed by atoms with E-state index >= 15 is 0 Å². The van der Waals surface area contributed by atoms with Gasteiger partial charge in [0.2, 0.25) is 5.91 Å². The fraction of sp³-hybridized carbons (Fsp3) is 0.667. The molecule has 19 heavy (non-hydrogen) atoms. The highest BCUT2D eigenvalue weighted by molar-refractivity contribution is 7.10. The molecule has 1 amide bonds. The minimum Gasteiger partial charge on any atom is -0.341 e. The van der Waals surface area contributed by atoms with Gasteiger partial charge in [0.25, 0.3) is 0 Å². The number of carbonyl (C=O) groups excluding carboxylic acids is 1. The Morgan fingerprint density at radius 2 is 2.21 bits per heavy atom. The molecule has 2 unspecified atom stereocenters. The molecule has 0 radical (unpaired) electrons. The number of amides is 1. The molecule has 0 bridgehead atoms. The average Bonchev–Trinajstić information content (AvgIpc) is 3.10. The summed E-state index contributed by atoms with van der Waals surface area (Å²) in [5.41, 5.74) is 0. The van der Waals surface area contributed by atoms with Gasteiger partial charge in [0.1, 0.15) is 0 Å². The van der Waals surface area contributed by atoms with Crippen LogP contribution >= 0.6 is 11.3 Å². The molecule has 3 nitrogen and oxygen atoms in total. The molecule has 106 valence electrons. The summed E-state index contributed by atoms with van der Waals surface area (Å²) in [5, 5.41) is 5.62. The molecule has 1 aromatic rings. The van der Waals surface area contributed by atoms with Crippen LogP contribution in [-0.2, 0) is 4.79 Å². The maximum Gasteiger partial charge on any atom is 0.239 e. The Labute approximate surface area is 120 Å². The molecule has 1 aliphatic heterocycles. The van der Waals surface area contributed by atoms with Gasteiger partial charge in [-0.3, -0.25) is 10.1 Å². The molecule has 0 aromatic carbocycles. The maximum absolute atomic E-state index is 12.3. The van der Waals surface area contributed by atoms with E-state index in [1.807, 2.05) is 11.8 Å². The predicted octanol–water partition coefficient (Wildman–Crippen LogP) is 3.19. The van der Waals surface area contributed by atoms with E-state index in [-0.39, 0.29) is 11.9 Å². The van der Waals surface area contributed by atoms with Crippen LogP contribution in [0.2, 0.25) is 0 Å². The number of hydrogen-bond donors (Lipinski definition) is 1. The van der Waals surface area contributed by atoms with Crippen molar-refractivity contribution in [1.82, 2.24) is 10.2 Å². The van der Waals surface area contributed by atoms with E-state index in [1.54, 1.807) is 11.3 Å². The van der Waals surface area contributed by atoms with Crippen molar-refractivity contribution in [3.8, 4) is 0 Å². The van der Waals surface area contributed by atoms with Crippen LogP contribution in [0.3, 0.4) is 0 Å². The smallest absolute Gasteiger partial charge is 0.239 e. The van der Waals surface area contributed by atoms with Crippen LogP contribution in [0.15, 0.2) is 17.5 Å². The Hall–Kier alpha value is -0.870. The molecule has 1 aromatic heterocycles. The van der Waals surface area contributed by atoms with Gasteiger partial charge in [-0.05, 0) is 37.6 Å². The molecule has 1 fully saturated rings. The monoisotopic (exact) mass is 280 g/mol. The minimum absolute atomic E-state index is 0.0863. The van der Waals surface area contributed by atoms with E-state index in [2.05, 4.69) is 29.8 Å². The van der Waals surface area contributed by atoms with Crippen LogP contribution in [0.5, 0.6) is 0 Å². The van der Waals surface area contributed by atoms with E-state index in [4.69, 9.17) is 0 Å². The summed E-state index contributed by atoms with van der Waals surface area (Å²) >= 11 is 1.77. The number of hydrogen-bond acceptors (Lipinski definition) is 3. The number of carbonyl (C=O) groups is 1. The van der Waals surface area contributed by atoms with Gasteiger partial charge in [0.15, 0.2) is 0 Å². The molecule has 0 spiro atoms. The van der Waals surface area contributed by atoms with Gasteiger partial charge in [-0.15, -0.1) is 11.3 Å². The van der Waals surface area contributed by atoms with Crippen molar-refractivity contribution in [2.75, 3.05) is 13.1 Å². The van der Waals surface area contributed by atoms with Gasteiger partial charge in [-0.25, -0.2) is 0 Å². The molecule has 1 saturated heterocycles. The van der Waals surface area contributed by atoms with E-state index in [0.29, 0.717) is 6.04 Å². The van der Waals surface area contributed by atoms with Gasteiger partial charge < -0.3 is 4.90 Å². The molecule has 2 rings (SSSR count). The normalized spacial score (nSPS) is 18.5. The Morgan fingerprint density at radius 3 is 2.79 bits per heavy atom. The summed E-state index contributed by atoms with van der Waals surface area (Å²) in [7, 11) is 0. The lowest BCUT2D eigenvalue weighted by Gasteiger charge is -2.25. The Balaban J connectivity index is 1.94. The lowest BCUT2D eigenvalue weighted by Crippen LogP contribution is -2.44. The van der Waals surface area contributed by atoms with Gasteiger partial charge in [0.05, 0.1) is 6.04 Å². The van der Waals surface area contributed by atoms with Crippen molar-refractivity contribution in [3.63, 3.8) is 0 Å². The van der Waals surface area contributed by atoms with Crippen LogP contribution in [-0.4, -0.2) is 29.9 Å². The van der Waals surface area contributed by atoms with E-state index < -0.39 is 0 Å².